The van der Waals surface area contributed by atoms with Crippen LogP contribution in [0.25, 0.3) is 0 Å². The van der Waals surface area contributed by atoms with E-state index in [-0.39, 0.29) is 49.0 Å². The minimum atomic E-state index is -3.76. The molecule has 2 aliphatic rings. The van der Waals surface area contributed by atoms with Gasteiger partial charge in [0.25, 0.3) is 5.91 Å². The van der Waals surface area contributed by atoms with Crippen molar-refractivity contribution in [3.63, 3.8) is 0 Å². The van der Waals surface area contributed by atoms with Crippen molar-refractivity contribution in [2.24, 2.45) is 5.16 Å². The predicted molar refractivity (Wildman–Crippen MR) is 103 cm³/mol. The first-order valence-electron chi connectivity index (χ1n) is 8.22. The second kappa shape index (κ2) is 9.40. The van der Waals surface area contributed by atoms with Crippen LogP contribution in [-0.4, -0.2) is 42.4 Å². The zero-order valence-electron chi connectivity index (χ0n) is 15.5. The molecule has 1 saturated carbocycles. The molecule has 10 heteroatoms. The van der Waals surface area contributed by atoms with Crippen molar-refractivity contribution in [3.8, 4) is 0 Å². The van der Waals surface area contributed by atoms with E-state index in [9.17, 15) is 13.2 Å². The Kier molecular flexibility index (Phi) is 8.58. The summed E-state index contributed by atoms with van der Waals surface area (Å²) in [5, 5.41) is 12.9. The number of hydroxylamine groups is 1. The molecule has 1 radical (unpaired) electrons. The van der Waals surface area contributed by atoms with Gasteiger partial charge in [0.2, 0.25) is 0 Å². The van der Waals surface area contributed by atoms with Crippen LogP contribution in [0.3, 0.4) is 0 Å². The molecular formula is C17H25N2O5PSY. The maximum atomic E-state index is 12.0. The Bertz CT molecular complexity index is 811. The smallest absolute Gasteiger partial charge is 0.264 e. The third-order valence-electron chi connectivity index (χ3n) is 5.04. The minimum absolute atomic E-state index is 0. The first kappa shape index (κ1) is 24.6. The molecule has 27 heavy (non-hydrogen) atoms. The fraction of sp³-hybridized carbons (Fsp3) is 0.529. The van der Waals surface area contributed by atoms with E-state index in [1.54, 1.807) is 0 Å². The molecule has 1 aromatic carbocycles. The largest absolute Gasteiger partial charge is 0.392 e. The van der Waals surface area contributed by atoms with E-state index in [1.807, 2.05) is 12.1 Å². The Labute approximate surface area is 188 Å². The number of hydrogen-bond donors (Lipinski definition) is 2. The number of nitrogens with one attached hydrogen (secondary N) is 1. The van der Waals surface area contributed by atoms with Gasteiger partial charge >= 0.3 is 0 Å². The van der Waals surface area contributed by atoms with Crippen molar-refractivity contribution in [3.05, 3.63) is 35.4 Å². The molecule has 7 nitrogen and oxygen atoms in total. The standard InChI is InChI=1S/C17H22N2O5S.H3P.Y/c1-17(16(20)18-21,25(2,22)23)10-14-9-15(19-24-14)13-7-5-12(6-8-13)11-3-4-11;;/h5-8,11,14,21H,3-4,9-10H2,1-2H3,(H,18,20);1H3;. The van der Waals surface area contributed by atoms with Crippen LogP contribution in [0.1, 0.15) is 49.7 Å². The molecule has 1 fully saturated rings. The van der Waals surface area contributed by atoms with Crippen molar-refractivity contribution in [1.82, 2.24) is 5.48 Å². The average Bonchev–Trinajstić information content (AvgIpc) is 3.33. The summed E-state index contributed by atoms with van der Waals surface area (Å²) in [5.74, 6) is -0.295. The quantitative estimate of drug-likeness (QED) is 0.361. The van der Waals surface area contributed by atoms with E-state index in [4.69, 9.17) is 10.0 Å². The number of sulfone groups is 1. The Hall–Kier alpha value is -0.396. The van der Waals surface area contributed by atoms with E-state index < -0.39 is 26.6 Å². The van der Waals surface area contributed by atoms with Gasteiger partial charge in [-0.3, -0.25) is 10.0 Å². The topological polar surface area (TPSA) is 105 Å². The predicted octanol–water partition coefficient (Wildman–Crippen LogP) is 1.81. The van der Waals surface area contributed by atoms with Gasteiger partial charge in [0.05, 0.1) is 5.71 Å². The van der Waals surface area contributed by atoms with Crippen LogP contribution >= 0.6 is 9.90 Å². The number of nitrogens with zero attached hydrogens (tertiary/aromatic N) is 1. The molecule has 3 atom stereocenters. The number of oxime groups is 1. The Morgan fingerprint density at radius 3 is 2.41 bits per heavy atom. The van der Waals surface area contributed by atoms with Crippen LogP contribution in [-0.2, 0) is 52.2 Å². The minimum Gasteiger partial charge on any atom is -0.392 e. The zero-order chi connectivity index (χ0) is 18.2. The van der Waals surface area contributed by atoms with E-state index in [0.29, 0.717) is 12.3 Å². The van der Waals surface area contributed by atoms with Gasteiger partial charge in [-0.25, -0.2) is 13.9 Å². The van der Waals surface area contributed by atoms with Crippen molar-refractivity contribution >= 4 is 31.4 Å². The van der Waals surface area contributed by atoms with Crippen molar-refractivity contribution in [2.75, 3.05) is 6.26 Å². The molecule has 1 amide bonds. The van der Waals surface area contributed by atoms with Gasteiger partial charge in [-0.05, 0) is 36.8 Å². The Morgan fingerprint density at radius 2 is 1.93 bits per heavy atom. The summed E-state index contributed by atoms with van der Waals surface area (Å²) in [6.07, 6.45) is 3.22. The summed E-state index contributed by atoms with van der Waals surface area (Å²) < 4.78 is 22.3. The third-order valence-corrected chi connectivity index (χ3v) is 7.03. The fourth-order valence-electron chi connectivity index (χ4n) is 3.04. The monoisotopic (exact) mass is 489 g/mol. The number of amides is 1. The first-order chi connectivity index (χ1) is 11.7. The summed E-state index contributed by atoms with van der Waals surface area (Å²) in [5.41, 5.74) is 4.42. The molecule has 2 N–H and O–H groups in total. The Morgan fingerprint density at radius 1 is 1.33 bits per heavy atom. The molecule has 0 saturated heterocycles. The normalized spacial score (nSPS) is 21.0. The second-order valence-electron chi connectivity index (χ2n) is 7.01. The molecular weight excluding hydrogens is 464 g/mol. The summed E-state index contributed by atoms with van der Waals surface area (Å²) in [6.45, 7) is 1.28. The number of carbonyl (C=O) groups is 1. The molecule has 0 bridgehead atoms. The Balaban J connectivity index is 0.00000182. The molecule has 3 unspecified atom stereocenters. The summed E-state index contributed by atoms with van der Waals surface area (Å²) in [6, 6.07) is 8.16. The van der Waals surface area contributed by atoms with Crippen LogP contribution in [0.15, 0.2) is 29.4 Å². The van der Waals surface area contributed by atoms with E-state index >= 15 is 0 Å². The van der Waals surface area contributed by atoms with Crippen LogP contribution in [0.5, 0.6) is 0 Å². The van der Waals surface area contributed by atoms with E-state index in [2.05, 4.69) is 17.3 Å². The molecule has 0 aromatic heterocycles. The number of carbonyl (C=O) groups excluding carboxylic acids is 1. The third kappa shape index (κ3) is 5.36. The molecule has 147 valence electrons. The maximum Gasteiger partial charge on any atom is 0.264 e. The molecule has 1 heterocycles. The van der Waals surface area contributed by atoms with Crippen LogP contribution in [0, 0.1) is 0 Å². The second-order valence-corrected chi connectivity index (χ2v) is 9.46. The number of benzene rings is 1. The van der Waals surface area contributed by atoms with E-state index in [0.717, 1.165) is 17.5 Å². The van der Waals surface area contributed by atoms with Gasteiger partial charge in [0.15, 0.2) is 14.6 Å². The van der Waals surface area contributed by atoms with E-state index in [1.165, 1.54) is 30.8 Å². The average molecular weight is 489 g/mol. The van der Waals surface area contributed by atoms with Gasteiger partial charge in [0, 0.05) is 51.8 Å². The van der Waals surface area contributed by atoms with Crippen LogP contribution in [0.2, 0.25) is 0 Å². The summed E-state index contributed by atoms with van der Waals surface area (Å²) in [4.78, 5) is 17.3. The summed E-state index contributed by atoms with van der Waals surface area (Å²) >= 11 is 0. The zero-order valence-corrected chi connectivity index (χ0v) is 20.6. The summed E-state index contributed by atoms with van der Waals surface area (Å²) in [7, 11) is -3.76. The maximum absolute atomic E-state index is 12.0. The van der Waals surface area contributed by atoms with Crippen LogP contribution < -0.4 is 5.48 Å². The van der Waals surface area contributed by atoms with Gasteiger partial charge < -0.3 is 4.84 Å². The molecule has 0 spiro atoms. The van der Waals surface area contributed by atoms with Gasteiger partial charge in [-0.1, -0.05) is 29.4 Å². The number of rotatable bonds is 6. The SMILES string of the molecule is CC(CC1CC(c2ccc(C3CC3)cc2)=NO1)(C(=O)NO)S(C)(=O)=O.P.[Y]. The van der Waals surface area contributed by atoms with Gasteiger partial charge in [-0.15, -0.1) is 0 Å². The van der Waals surface area contributed by atoms with Crippen molar-refractivity contribution in [2.45, 2.75) is 49.4 Å². The fourth-order valence-corrected chi connectivity index (χ4v) is 3.91. The number of hydrogen-bond acceptors (Lipinski definition) is 6. The van der Waals surface area contributed by atoms with Crippen molar-refractivity contribution in [1.29, 1.82) is 0 Å². The van der Waals surface area contributed by atoms with Gasteiger partial charge in [-0.2, -0.15) is 9.90 Å². The molecule has 3 rings (SSSR count). The van der Waals surface area contributed by atoms with Crippen LogP contribution in [0.4, 0.5) is 0 Å². The molecule has 1 aromatic rings. The molecule has 1 aliphatic carbocycles. The van der Waals surface area contributed by atoms with Gasteiger partial charge in [0.1, 0.15) is 6.10 Å². The van der Waals surface area contributed by atoms with Crippen molar-refractivity contribution < 1.29 is 56.0 Å². The first-order valence-corrected chi connectivity index (χ1v) is 10.1. The molecule has 1 aliphatic heterocycles.